The number of ether oxygens (including phenoxy) is 3. The van der Waals surface area contributed by atoms with E-state index in [-0.39, 0.29) is 57.1 Å². The molecule has 0 heterocycles. The van der Waals surface area contributed by atoms with Gasteiger partial charge in [-0.05, 0) is 241 Å². The van der Waals surface area contributed by atoms with Crippen LogP contribution in [-0.4, -0.2) is 186 Å². The van der Waals surface area contributed by atoms with Crippen LogP contribution in [0.3, 0.4) is 0 Å². The number of aliphatic carboxylic acids is 1. The van der Waals surface area contributed by atoms with Gasteiger partial charge in [0.25, 0.3) is 0 Å². The number of amides is 7. The van der Waals surface area contributed by atoms with Crippen molar-refractivity contribution in [2.24, 2.45) is 50.0 Å². The van der Waals surface area contributed by atoms with Crippen LogP contribution in [-0.2, 0) is 38.2 Å². The molecule has 29 heteroatoms. The minimum absolute atomic E-state index is 0.0505. The molecule has 23 nitrogen and oxygen atoms in total. The Kier molecular flexibility index (Phi) is 54.4. The van der Waals surface area contributed by atoms with Gasteiger partial charge in [-0.2, -0.15) is 47.0 Å². The molecule has 636 valence electrons. The molecule has 5 aliphatic carbocycles. The van der Waals surface area contributed by atoms with E-state index >= 15 is 0 Å². The van der Waals surface area contributed by atoms with Gasteiger partial charge in [-0.3, -0.25) is 24.0 Å². The Hall–Kier alpha value is -2.90. The molecule has 5 saturated carbocycles. The fourth-order valence-corrected chi connectivity index (χ4v) is 21.1. The molecule has 0 saturated heterocycles. The summed E-state index contributed by atoms with van der Waals surface area (Å²) in [7, 11) is 3.80. The summed E-state index contributed by atoms with van der Waals surface area (Å²) < 4.78 is 16.0. The minimum atomic E-state index is -0.798. The maximum Gasteiger partial charge on any atom is 0.407 e. The van der Waals surface area contributed by atoms with Gasteiger partial charge < -0.3 is 79.5 Å². The van der Waals surface area contributed by atoms with Crippen molar-refractivity contribution >= 4 is 117 Å². The van der Waals surface area contributed by atoms with Crippen LogP contribution in [0.5, 0.6) is 0 Å². The standard InChI is InChI=1S/C35H64N4O6S2.C25H48N4O2S2.C14H25NO4.C6H16N2S2/c1-32(2,3)44-30(42)38-25-34(15-9-7-10-16-34)23-28(40)36-19-13-21-46-27-47-22-14-20-37-29(41)24-35(17-11-8-12-18-35)26-39-31(43)45-33(4,5)6;26-19-24(9-3-1-4-10-24)17-22(30)28-13-7-15-32-21-33-16-8-14-29-23(31)18-25(20-27)11-5-2-6-12-25;1-13(2,3)19-12(18)15-10-14(9-11(16)17)7-5-4-6-8-14;7-3-1-5-9-10-6-2-4-8/h7-27H2,1-6H3,(H,36,40)(H,37,41)(H,38,42)(H,39,43);1-21,26-27H2,(H,28,30)(H,29,31);4-10H2,1-3H3,(H,15,18)(H,16,17);1-8H2. The van der Waals surface area contributed by atoms with Crippen molar-refractivity contribution in [2.75, 3.05) is 117 Å². The summed E-state index contributed by atoms with van der Waals surface area (Å²) in [5.41, 5.74) is 20.4. The Bertz CT molecular complexity index is 2370. The number of carbonyl (C=O) groups is 8. The maximum absolute atomic E-state index is 12.8. The lowest BCUT2D eigenvalue weighted by Gasteiger charge is -2.37. The number of carboxylic acid groups (broad SMARTS) is 1. The van der Waals surface area contributed by atoms with E-state index in [1.165, 1.54) is 62.9 Å². The number of carboxylic acids is 1. The molecule has 5 aliphatic rings. The third kappa shape index (κ3) is 52.3. The zero-order valence-corrected chi connectivity index (χ0v) is 74.0. The Labute approximate surface area is 683 Å². The summed E-state index contributed by atoms with van der Waals surface area (Å²) in [5.74, 6) is 6.10. The second kappa shape index (κ2) is 58.0. The molecule has 0 bridgehead atoms. The fraction of sp³-hybridized carbons (Fsp3) is 0.900. The molecule has 5 rings (SSSR count). The van der Waals surface area contributed by atoms with Crippen molar-refractivity contribution in [3.05, 3.63) is 0 Å². The second-order valence-electron chi connectivity index (χ2n) is 34.2. The second-order valence-corrected chi connectivity index (χ2v) is 42.0. The van der Waals surface area contributed by atoms with Crippen molar-refractivity contribution in [1.82, 2.24) is 37.2 Å². The molecule has 0 aromatic rings. The largest absolute Gasteiger partial charge is 0.481 e. The highest BCUT2D eigenvalue weighted by molar-refractivity contribution is 8.76. The zero-order valence-electron chi connectivity index (χ0n) is 69.1. The van der Waals surface area contributed by atoms with Crippen LogP contribution in [0.25, 0.3) is 0 Å². The first-order valence-corrected chi connectivity index (χ1v) is 48.4. The summed E-state index contributed by atoms with van der Waals surface area (Å²) >= 11 is 7.59. The van der Waals surface area contributed by atoms with Crippen LogP contribution < -0.4 is 60.2 Å². The Morgan fingerprint density at radius 1 is 0.321 bits per heavy atom. The van der Waals surface area contributed by atoms with Crippen LogP contribution in [0.15, 0.2) is 0 Å². The van der Waals surface area contributed by atoms with E-state index in [4.69, 9.17) is 42.3 Å². The van der Waals surface area contributed by atoms with E-state index in [9.17, 15) is 38.4 Å². The Morgan fingerprint density at radius 2 is 0.550 bits per heavy atom. The van der Waals surface area contributed by atoms with Crippen LogP contribution in [0, 0.1) is 27.1 Å². The molecule has 5 fully saturated rings. The number of hydrogen-bond acceptors (Lipinski definition) is 21. The minimum Gasteiger partial charge on any atom is -0.481 e. The lowest BCUT2D eigenvalue weighted by Crippen LogP contribution is -2.44. The van der Waals surface area contributed by atoms with E-state index < -0.39 is 41.1 Å². The Balaban J connectivity index is 0.000000559. The van der Waals surface area contributed by atoms with Crippen molar-refractivity contribution in [1.29, 1.82) is 0 Å². The summed E-state index contributed by atoms with van der Waals surface area (Å²) in [6, 6.07) is 0. The van der Waals surface area contributed by atoms with Crippen molar-refractivity contribution < 1.29 is 57.7 Å². The smallest absolute Gasteiger partial charge is 0.407 e. The van der Waals surface area contributed by atoms with Crippen LogP contribution in [0.1, 0.15) is 293 Å². The van der Waals surface area contributed by atoms with Crippen molar-refractivity contribution in [3.63, 3.8) is 0 Å². The number of rotatable bonds is 45. The van der Waals surface area contributed by atoms with Gasteiger partial charge in [0.05, 0.1) is 6.42 Å². The first kappa shape index (κ1) is 102. The first-order valence-electron chi connectivity index (χ1n) is 41.3. The van der Waals surface area contributed by atoms with E-state index in [2.05, 4.69) is 37.2 Å². The van der Waals surface area contributed by atoms with Gasteiger partial charge in [0.15, 0.2) is 0 Å². The summed E-state index contributed by atoms with van der Waals surface area (Å²) in [4.78, 5) is 97.2. The quantitative estimate of drug-likeness (QED) is 0.0117. The van der Waals surface area contributed by atoms with Gasteiger partial charge in [-0.1, -0.05) is 118 Å². The SMILES string of the molecule is CC(C)(C)OC(=O)NCC1(CC(=O)NCCCSCSCCCNC(=O)CC2(CNC(=O)OC(C)(C)C)CCCCC2)CCCCC1.CC(C)(C)OC(=O)NCC1(CC(=O)O)CCCCC1.NCC1(CC(=O)NCCCSCSCCCNC(=O)CC2(CN)CCCCC2)CCCCC1.NCCCSSCCCN. The predicted molar refractivity (Wildman–Crippen MR) is 461 cm³/mol. The van der Waals surface area contributed by atoms with Crippen molar-refractivity contribution in [3.8, 4) is 0 Å². The Morgan fingerprint density at radius 3 is 0.771 bits per heavy atom. The van der Waals surface area contributed by atoms with Crippen molar-refractivity contribution in [2.45, 2.75) is 310 Å². The van der Waals surface area contributed by atoms with Gasteiger partial charge in [-0.15, -0.1) is 0 Å². The first-order chi connectivity index (χ1) is 51.8. The molecule has 0 atom stereocenters. The normalized spacial score (nSPS) is 17.8. The molecule has 0 unspecified atom stereocenters. The molecule has 109 heavy (non-hydrogen) atoms. The average molecular weight is 1650 g/mol. The third-order valence-corrected chi connectivity index (χ3v) is 28.1. The number of hydrogen-bond donors (Lipinski definition) is 12. The van der Waals surface area contributed by atoms with Gasteiger partial charge in [-0.25, -0.2) is 14.4 Å². The topological polar surface area (TPSA) is 373 Å². The monoisotopic (exact) mass is 1650 g/mol. The number of thioether (sulfide) groups is 4. The van der Waals surface area contributed by atoms with Gasteiger partial charge in [0.2, 0.25) is 23.6 Å². The van der Waals surface area contributed by atoms with E-state index in [0.29, 0.717) is 71.5 Å². The number of nitrogens with one attached hydrogen (secondary N) is 7. The molecule has 0 aromatic carbocycles. The molecule has 0 radical (unpaired) electrons. The highest BCUT2D eigenvalue weighted by atomic mass is 33.1. The highest BCUT2D eigenvalue weighted by Gasteiger charge is 2.39. The number of nitrogens with two attached hydrogens (primary N) is 4. The van der Waals surface area contributed by atoms with Crippen LogP contribution >= 0.6 is 68.6 Å². The zero-order chi connectivity index (χ0) is 80.8. The molecular weight excluding hydrogens is 1500 g/mol. The molecule has 0 spiro atoms. The summed E-state index contributed by atoms with van der Waals surface area (Å²) in [5, 5.41) is 32.0. The molecular formula is C80H153N11O12S6. The number of alkyl carbamates (subject to hydrolysis) is 3. The van der Waals surface area contributed by atoms with Crippen LogP contribution in [0.4, 0.5) is 14.4 Å². The summed E-state index contributed by atoms with van der Waals surface area (Å²) in [6.07, 6.45) is 34.1. The lowest BCUT2D eigenvalue weighted by atomic mass is 9.71. The molecule has 16 N–H and O–H groups in total. The lowest BCUT2D eigenvalue weighted by molar-refractivity contribution is -0.140. The van der Waals surface area contributed by atoms with Gasteiger partial charge in [0, 0.05) is 93.2 Å². The fourth-order valence-electron chi connectivity index (χ4n) is 14.7. The number of carbonyl (C=O) groups excluding carboxylic acids is 7. The van der Waals surface area contributed by atoms with Crippen LogP contribution in [0.2, 0.25) is 0 Å². The maximum atomic E-state index is 12.8. The molecule has 0 aromatic heterocycles. The molecule has 7 amide bonds. The average Bonchev–Trinajstić information content (AvgIpc) is 0.907. The van der Waals surface area contributed by atoms with Gasteiger partial charge >= 0.3 is 24.2 Å². The van der Waals surface area contributed by atoms with Gasteiger partial charge in [0.1, 0.15) is 16.8 Å². The predicted octanol–water partition coefficient (Wildman–Crippen LogP) is 15.2. The highest BCUT2D eigenvalue weighted by Crippen LogP contribution is 2.43. The third-order valence-electron chi connectivity index (χ3n) is 20.6. The molecule has 0 aliphatic heterocycles. The van der Waals surface area contributed by atoms with E-state index in [1.807, 2.05) is 110 Å². The van der Waals surface area contributed by atoms with E-state index in [0.717, 1.165) is 207 Å². The summed E-state index contributed by atoms with van der Waals surface area (Å²) in [6.45, 7) is 23.5. The van der Waals surface area contributed by atoms with E-state index in [1.54, 1.807) is 20.8 Å².